The topological polar surface area (TPSA) is 46.6 Å². The summed E-state index contributed by atoms with van der Waals surface area (Å²) in [7, 11) is 0. The third kappa shape index (κ3) is 2.58. The Morgan fingerprint density at radius 2 is 2.36 bits per heavy atom. The number of hydrogen-bond acceptors (Lipinski definition) is 3. The molecule has 0 spiro atoms. The fourth-order valence-corrected chi connectivity index (χ4v) is 1.28. The molecule has 4 heteroatoms. The van der Waals surface area contributed by atoms with E-state index < -0.39 is 5.97 Å². The first kappa shape index (κ1) is 10.8. The van der Waals surface area contributed by atoms with Crippen LogP contribution in [0.15, 0.2) is 11.6 Å². The molecule has 0 aromatic carbocycles. The van der Waals surface area contributed by atoms with Gasteiger partial charge in [-0.3, -0.25) is 4.79 Å². The van der Waals surface area contributed by atoms with Crippen molar-refractivity contribution in [1.82, 2.24) is 5.06 Å². The molecule has 0 bridgehead atoms. The van der Waals surface area contributed by atoms with Gasteiger partial charge in [-0.1, -0.05) is 13.0 Å². The Morgan fingerprint density at radius 3 is 2.86 bits per heavy atom. The van der Waals surface area contributed by atoms with Gasteiger partial charge in [0.05, 0.1) is 6.54 Å². The molecule has 0 radical (unpaired) electrons. The van der Waals surface area contributed by atoms with Crippen molar-refractivity contribution >= 4 is 11.9 Å². The predicted molar refractivity (Wildman–Crippen MR) is 51.1 cm³/mol. The van der Waals surface area contributed by atoms with Gasteiger partial charge in [-0.25, -0.2) is 4.79 Å². The summed E-state index contributed by atoms with van der Waals surface area (Å²) in [5, 5.41) is 1.15. The van der Waals surface area contributed by atoms with Crippen LogP contribution >= 0.6 is 0 Å². The average Bonchev–Trinajstić information content (AvgIpc) is 2.52. The molecular formula is C10H15NO3. The van der Waals surface area contributed by atoms with Crippen LogP contribution in [-0.2, 0) is 14.4 Å². The average molecular weight is 197 g/mol. The van der Waals surface area contributed by atoms with Gasteiger partial charge in [0.25, 0.3) is 5.91 Å². The molecule has 4 nitrogen and oxygen atoms in total. The minimum atomic E-state index is -0.429. The first-order valence-corrected chi connectivity index (χ1v) is 4.84. The Hall–Kier alpha value is -1.32. The van der Waals surface area contributed by atoms with Crippen LogP contribution in [0, 0.1) is 0 Å². The molecule has 1 saturated heterocycles. The minimum absolute atomic E-state index is 0.109. The van der Waals surface area contributed by atoms with Gasteiger partial charge in [0.1, 0.15) is 0 Å². The van der Waals surface area contributed by atoms with Crippen LogP contribution in [-0.4, -0.2) is 23.5 Å². The highest BCUT2D eigenvalue weighted by atomic mass is 16.7. The standard InChI is InChI=1S/C10H15NO3/c1-3-5-8(2)10(13)14-11-7-4-6-9(11)12/h5H,3-4,6-7H2,1-2H3. The van der Waals surface area contributed by atoms with Crippen molar-refractivity contribution in [3.05, 3.63) is 11.6 Å². The maximum absolute atomic E-state index is 11.4. The van der Waals surface area contributed by atoms with E-state index >= 15 is 0 Å². The number of carbonyl (C=O) groups is 2. The zero-order chi connectivity index (χ0) is 10.6. The molecule has 1 fully saturated rings. The molecule has 0 saturated carbocycles. The molecule has 0 atom stereocenters. The first-order chi connectivity index (χ1) is 6.65. The third-order valence-corrected chi connectivity index (χ3v) is 2.06. The predicted octanol–water partition coefficient (Wildman–Crippen LogP) is 1.42. The van der Waals surface area contributed by atoms with Crippen molar-refractivity contribution in [2.45, 2.75) is 33.1 Å². The molecule has 0 aromatic rings. The maximum Gasteiger partial charge on any atom is 0.358 e. The first-order valence-electron chi connectivity index (χ1n) is 4.84. The van der Waals surface area contributed by atoms with E-state index in [1.165, 1.54) is 0 Å². The number of hydrogen-bond donors (Lipinski definition) is 0. The van der Waals surface area contributed by atoms with E-state index in [4.69, 9.17) is 4.84 Å². The monoisotopic (exact) mass is 197 g/mol. The normalized spacial score (nSPS) is 17.4. The van der Waals surface area contributed by atoms with Gasteiger partial charge < -0.3 is 4.84 Å². The van der Waals surface area contributed by atoms with Gasteiger partial charge in [0.15, 0.2) is 0 Å². The molecule has 14 heavy (non-hydrogen) atoms. The summed E-state index contributed by atoms with van der Waals surface area (Å²) in [5.41, 5.74) is 0.548. The summed E-state index contributed by atoms with van der Waals surface area (Å²) < 4.78 is 0. The molecular weight excluding hydrogens is 182 g/mol. The van der Waals surface area contributed by atoms with Crippen molar-refractivity contribution in [2.24, 2.45) is 0 Å². The summed E-state index contributed by atoms with van der Waals surface area (Å²) >= 11 is 0. The summed E-state index contributed by atoms with van der Waals surface area (Å²) in [6.07, 6.45) is 3.81. The summed E-state index contributed by atoms with van der Waals surface area (Å²) in [6, 6.07) is 0. The van der Waals surface area contributed by atoms with E-state index in [-0.39, 0.29) is 5.91 Å². The van der Waals surface area contributed by atoms with E-state index in [9.17, 15) is 9.59 Å². The van der Waals surface area contributed by atoms with Crippen molar-refractivity contribution in [3.63, 3.8) is 0 Å². The number of nitrogens with zero attached hydrogens (tertiary/aromatic N) is 1. The zero-order valence-corrected chi connectivity index (χ0v) is 8.58. The molecule has 1 amide bonds. The van der Waals surface area contributed by atoms with Gasteiger partial charge in [0, 0.05) is 12.0 Å². The van der Waals surface area contributed by atoms with Crippen LogP contribution < -0.4 is 0 Å². The number of hydroxylamine groups is 2. The Balaban J connectivity index is 2.48. The van der Waals surface area contributed by atoms with Crippen molar-refractivity contribution in [2.75, 3.05) is 6.54 Å². The van der Waals surface area contributed by atoms with E-state index in [0.29, 0.717) is 18.5 Å². The van der Waals surface area contributed by atoms with Gasteiger partial charge >= 0.3 is 5.97 Å². The SMILES string of the molecule is CCC=C(C)C(=O)ON1CCCC1=O. The highest BCUT2D eigenvalue weighted by Crippen LogP contribution is 2.11. The lowest BCUT2D eigenvalue weighted by Gasteiger charge is -2.14. The zero-order valence-electron chi connectivity index (χ0n) is 8.58. The summed E-state index contributed by atoms with van der Waals surface area (Å²) in [6.45, 7) is 4.15. The highest BCUT2D eigenvalue weighted by Gasteiger charge is 2.24. The number of rotatable bonds is 3. The third-order valence-electron chi connectivity index (χ3n) is 2.06. The minimum Gasteiger partial charge on any atom is -0.333 e. The number of allylic oxidation sites excluding steroid dienone is 1. The van der Waals surface area contributed by atoms with Crippen LogP contribution in [0.1, 0.15) is 33.1 Å². The number of carbonyl (C=O) groups excluding carboxylic acids is 2. The summed E-state index contributed by atoms with van der Waals surface area (Å²) in [4.78, 5) is 27.4. The lowest BCUT2D eigenvalue weighted by molar-refractivity contribution is -0.189. The largest absolute Gasteiger partial charge is 0.358 e. The van der Waals surface area contributed by atoms with Gasteiger partial charge in [0.2, 0.25) is 0 Å². The molecule has 1 aliphatic heterocycles. The Labute approximate surface area is 83.5 Å². The van der Waals surface area contributed by atoms with Crippen molar-refractivity contribution in [3.8, 4) is 0 Å². The van der Waals surface area contributed by atoms with Crippen LogP contribution in [0.25, 0.3) is 0 Å². The fraction of sp³-hybridized carbons (Fsp3) is 0.600. The second-order valence-electron chi connectivity index (χ2n) is 3.27. The lowest BCUT2D eigenvalue weighted by Crippen LogP contribution is -2.28. The van der Waals surface area contributed by atoms with Gasteiger partial charge in [-0.05, 0) is 19.8 Å². The Kier molecular flexibility index (Phi) is 3.68. The second-order valence-corrected chi connectivity index (χ2v) is 3.27. The highest BCUT2D eigenvalue weighted by molar-refractivity contribution is 5.89. The van der Waals surface area contributed by atoms with Crippen molar-refractivity contribution < 1.29 is 14.4 Å². The smallest absolute Gasteiger partial charge is 0.333 e. The quantitative estimate of drug-likeness (QED) is 0.643. The van der Waals surface area contributed by atoms with Crippen LogP contribution in [0.4, 0.5) is 0 Å². The fourth-order valence-electron chi connectivity index (χ4n) is 1.28. The van der Waals surface area contributed by atoms with E-state index in [1.807, 2.05) is 6.92 Å². The molecule has 0 N–H and O–H groups in total. The second kappa shape index (κ2) is 4.79. The lowest BCUT2D eigenvalue weighted by atomic mass is 10.2. The van der Waals surface area contributed by atoms with Crippen LogP contribution in [0.2, 0.25) is 0 Å². The Morgan fingerprint density at radius 1 is 1.64 bits per heavy atom. The molecule has 1 rings (SSSR count). The van der Waals surface area contributed by atoms with Crippen molar-refractivity contribution in [1.29, 1.82) is 0 Å². The number of amides is 1. The van der Waals surface area contributed by atoms with E-state index in [0.717, 1.165) is 17.9 Å². The molecule has 0 aromatic heterocycles. The molecule has 0 unspecified atom stereocenters. The molecule has 1 aliphatic rings. The van der Waals surface area contributed by atoms with Crippen LogP contribution in [0.5, 0.6) is 0 Å². The Bertz CT molecular complexity index is 271. The van der Waals surface area contributed by atoms with Gasteiger partial charge in [-0.15, -0.1) is 0 Å². The van der Waals surface area contributed by atoms with Crippen LogP contribution in [0.3, 0.4) is 0 Å². The maximum atomic E-state index is 11.4. The van der Waals surface area contributed by atoms with E-state index in [2.05, 4.69) is 0 Å². The van der Waals surface area contributed by atoms with E-state index in [1.54, 1.807) is 13.0 Å². The molecule has 78 valence electrons. The molecule has 0 aliphatic carbocycles. The molecule has 1 heterocycles. The van der Waals surface area contributed by atoms with Gasteiger partial charge in [-0.2, -0.15) is 5.06 Å². The summed E-state index contributed by atoms with van der Waals surface area (Å²) in [5.74, 6) is -0.537.